The van der Waals surface area contributed by atoms with Gasteiger partial charge in [-0.3, -0.25) is 4.79 Å². The van der Waals surface area contributed by atoms with E-state index in [4.69, 9.17) is 16.3 Å². The van der Waals surface area contributed by atoms with Gasteiger partial charge in [0, 0.05) is 11.6 Å². The summed E-state index contributed by atoms with van der Waals surface area (Å²) in [5, 5.41) is -0.165. The predicted molar refractivity (Wildman–Crippen MR) is 70.9 cm³/mol. The Balaban J connectivity index is 2.45. The van der Waals surface area contributed by atoms with Crippen LogP contribution >= 0.6 is 27.5 Å². The molecule has 7 heteroatoms. The number of carbonyl (C=O) groups excluding carboxylic acids is 1. The van der Waals surface area contributed by atoms with Gasteiger partial charge in [-0.15, -0.1) is 0 Å². The molecule has 0 spiro atoms. The second-order valence-corrected chi connectivity index (χ2v) is 4.99. The van der Waals surface area contributed by atoms with E-state index in [1.165, 1.54) is 6.07 Å². The van der Waals surface area contributed by atoms with E-state index in [1.807, 2.05) is 0 Å². The van der Waals surface area contributed by atoms with Crippen molar-refractivity contribution in [2.75, 3.05) is 0 Å². The Morgan fingerprint density at radius 2 is 1.65 bits per heavy atom. The highest BCUT2D eigenvalue weighted by molar-refractivity contribution is 9.10. The number of carbonyl (C=O) groups is 1. The van der Waals surface area contributed by atoms with Crippen LogP contribution in [0, 0.1) is 17.5 Å². The summed E-state index contributed by atoms with van der Waals surface area (Å²) in [4.78, 5) is 10.5. The Hall–Kier alpha value is -1.53. The summed E-state index contributed by atoms with van der Waals surface area (Å²) in [7, 11) is 0. The molecule has 0 radical (unpaired) electrons. The van der Waals surface area contributed by atoms with E-state index in [9.17, 15) is 18.0 Å². The molecule has 104 valence electrons. The zero-order valence-corrected chi connectivity index (χ0v) is 11.9. The van der Waals surface area contributed by atoms with Gasteiger partial charge in [-0.2, -0.15) is 0 Å². The fourth-order valence-corrected chi connectivity index (χ4v) is 2.16. The minimum absolute atomic E-state index is 0.149. The molecular weight excluding hydrogens is 360 g/mol. The molecule has 2 aromatic rings. The number of aldehydes is 1. The third kappa shape index (κ3) is 2.96. The first-order chi connectivity index (χ1) is 9.42. The molecule has 0 aliphatic heterocycles. The van der Waals surface area contributed by atoms with Crippen LogP contribution < -0.4 is 4.74 Å². The van der Waals surface area contributed by atoms with Crippen molar-refractivity contribution in [3.63, 3.8) is 0 Å². The fourth-order valence-electron chi connectivity index (χ4n) is 1.44. The maximum atomic E-state index is 13.6. The summed E-state index contributed by atoms with van der Waals surface area (Å²) in [6.45, 7) is 0. The van der Waals surface area contributed by atoms with Gasteiger partial charge in [0.25, 0.3) is 0 Å². The zero-order chi connectivity index (χ0) is 14.9. The van der Waals surface area contributed by atoms with Crippen molar-refractivity contribution in [2.45, 2.75) is 0 Å². The quantitative estimate of drug-likeness (QED) is 0.557. The van der Waals surface area contributed by atoms with Gasteiger partial charge in [0.1, 0.15) is 17.9 Å². The smallest absolute Gasteiger partial charge is 0.198 e. The number of hydrogen-bond acceptors (Lipinski definition) is 2. The van der Waals surface area contributed by atoms with Crippen molar-refractivity contribution in [1.29, 1.82) is 0 Å². The maximum Gasteiger partial charge on any atom is 0.198 e. The van der Waals surface area contributed by atoms with E-state index < -0.39 is 23.2 Å². The molecule has 0 N–H and O–H groups in total. The summed E-state index contributed by atoms with van der Waals surface area (Å²) < 4.78 is 45.8. The number of halogens is 5. The second-order valence-electron chi connectivity index (χ2n) is 3.73. The Labute approximate surface area is 125 Å². The Morgan fingerprint density at radius 3 is 2.20 bits per heavy atom. The van der Waals surface area contributed by atoms with E-state index >= 15 is 0 Å². The lowest BCUT2D eigenvalue weighted by atomic mass is 10.2. The van der Waals surface area contributed by atoms with E-state index in [0.29, 0.717) is 6.29 Å². The van der Waals surface area contributed by atoms with Gasteiger partial charge in [0.15, 0.2) is 17.4 Å². The topological polar surface area (TPSA) is 26.3 Å². The highest BCUT2D eigenvalue weighted by Crippen LogP contribution is 2.35. The number of benzene rings is 2. The molecule has 2 nitrogen and oxygen atoms in total. The first kappa shape index (κ1) is 14.9. The van der Waals surface area contributed by atoms with E-state index in [0.717, 1.165) is 18.2 Å². The summed E-state index contributed by atoms with van der Waals surface area (Å²) in [6, 6.07) is 3.71. The van der Waals surface area contributed by atoms with Crippen molar-refractivity contribution >= 4 is 33.8 Å². The monoisotopic (exact) mass is 364 g/mol. The van der Waals surface area contributed by atoms with Gasteiger partial charge in [-0.05, 0) is 34.1 Å². The highest BCUT2D eigenvalue weighted by atomic mass is 79.9. The summed E-state index contributed by atoms with van der Waals surface area (Å²) in [6.07, 6.45) is 0.299. The van der Waals surface area contributed by atoms with Crippen LogP contribution in [0.3, 0.4) is 0 Å². The average Bonchev–Trinajstić information content (AvgIpc) is 2.39. The molecule has 2 aromatic carbocycles. The van der Waals surface area contributed by atoms with Crippen LogP contribution in [0.25, 0.3) is 0 Å². The van der Waals surface area contributed by atoms with Crippen molar-refractivity contribution in [3.05, 3.63) is 56.8 Å². The number of ether oxygens (including phenoxy) is 1. The Morgan fingerprint density at radius 1 is 1.05 bits per heavy atom. The van der Waals surface area contributed by atoms with Crippen molar-refractivity contribution in [2.24, 2.45) is 0 Å². The first-order valence-corrected chi connectivity index (χ1v) is 6.36. The molecule has 0 bridgehead atoms. The predicted octanol–water partition coefficient (Wildman–Crippen LogP) is 5.12. The molecule has 2 rings (SSSR count). The van der Waals surface area contributed by atoms with Crippen molar-refractivity contribution in [1.82, 2.24) is 0 Å². The average molecular weight is 366 g/mol. The van der Waals surface area contributed by atoms with E-state index in [1.54, 1.807) is 0 Å². The summed E-state index contributed by atoms with van der Waals surface area (Å²) >= 11 is 8.58. The number of rotatable bonds is 3. The molecule has 0 saturated heterocycles. The van der Waals surface area contributed by atoms with E-state index in [-0.39, 0.29) is 20.8 Å². The molecule has 20 heavy (non-hydrogen) atoms. The third-order valence-electron chi connectivity index (χ3n) is 2.34. The fraction of sp³-hybridized carbons (Fsp3) is 0. The molecule has 0 heterocycles. The van der Waals surface area contributed by atoms with Crippen molar-refractivity contribution < 1.29 is 22.7 Å². The minimum Gasteiger partial charge on any atom is -0.450 e. The largest absolute Gasteiger partial charge is 0.450 e. The van der Waals surface area contributed by atoms with E-state index in [2.05, 4.69) is 15.9 Å². The lowest BCUT2D eigenvalue weighted by Crippen LogP contribution is -1.96. The molecular formula is C13H5BrClF3O2. The molecule has 0 amide bonds. The zero-order valence-electron chi connectivity index (χ0n) is 9.59. The molecule has 0 atom stereocenters. The van der Waals surface area contributed by atoms with Crippen molar-refractivity contribution in [3.8, 4) is 11.5 Å². The second kappa shape index (κ2) is 5.85. The summed E-state index contributed by atoms with van der Waals surface area (Å²) in [5.74, 6) is -3.83. The molecule has 0 unspecified atom stereocenters. The van der Waals surface area contributed by atoms with Crippen LogP contribution in [0.1, 0.15) is 10.4 Å². The van der Waals surface area contributed by atoms with Gasteiger partial charge in [-0.25, -0.2) is 13.2 Å². The highest BCUT2D eigenvalue weighted by Gasteiger charge is 2.16. The van der Waals surface area contributed by atoms with Gasteiger partial charge in [0.05, 0.1) is 9.50 Å². The normalized spacial score (nSPS) is 10.4. The molecule has 0 aliphatic rings. The van der Waals surface area contributed by atoms with Crippen LogP contribution in [-0.2, 0) is 0 Å². The Bertz CT molecular complexity index is 669. The standard InChI is InChI=1S/C13H5BrClF3O2/c14-7-3-8(15)9(16)4-12(7)20-13-10(17)1-6(5-19)2-11(13)18/h1-5H. The van der Waals surface area contributed by atoms with Gasteiger partial charge in [0.2, 0.25) is 0 Å². The number of hydrogen-bond donors (Lipinski definition) is 0. The van der Waals surface area contributed by atoms with Gasteiger partial charge >= 0.3 is 0 Å². The lowest BCUT2D eigenvalue weighted by molar-refractivity contribution is 0.112. The van der Waals surface area contributed by atoms with Gasteiger partial charge in [-0.1, -0.05) is 11.6 Å². The van der Waals surface area contributed by atoms with Crippen LogP contribution in [0.2, 0.25) is 5.02 Å². The molecule has 0 aromatic heterocycles. The first-order valence-electron chi connectivity index (χ1n) is 5.19. The summed E-state index contributed by atoms with van der Waals surface area (Å²) in [5.41, 5.74) is -0.172. The van der Waals surface area contributed by atoms with Crippen LogP contribution in [0.15, 0.2) is 28.7 Å². The molecule has 0 fully saturated rings. The molecule has 0 saturated carbocycles. The Kier molecular flexibility index (Phi) is 4.35. The SMILES string of the molecule is O=Cc1cc(F)c(Oc2cc(F)c(Cl)cc2Br)c(F)c1. The molecule has 0 aliphatic carbocycles. The van der Waals surface area contributed by atoms with Crippen LogP contribution in [0.5, 0.6) is 11.5 Å². The minimum atomic E-state index is -1.07. The third-order valence-corrected chi connectivity index (χ3v) is 3.25. The van der Waals surface area contributed by atoms with Crippen LogP contribution in [-0.4, -0.2) is 6.29 Å². The maximum absolute atomic E-state index is 13.6. The van der Waals surface area contributed by atoms with Crippen LogP contribution in [0.4, 0.5) is 13.2 Å². The lowest BCUT2D eigenvalue weighted by Gasteiger charge is -2.10. The van der Waals surface area contributed by atoms with Gasteiger partial charge < -0.3 is 4.74 Å².